The van der Waals surface area contributed by atoms with E-state index in [9.17, 15) is 4.39 Å². The third kappa shape index (κ3) is 2.33. The van der Waals surface area contributed by atoms with Crippen LogP contribution in [0.4, 0.5) is 4.39 Å². The SMILES string of the molecule is CO/N=C/C1C(c2ccc(F)cc2)CC2CCC1N2C. The molecule has 0 N–H and O–H groups in total. The van der Waals surface area contributed by atoms with E-state index in [0.717, 1.165) is 6.42 Å². The van der Waals surface area contributed by atoms with Crippen molar-refractivity contribution in [2.75, 3.05) is 14.2 Å². The highest BCUT2D eigenvalue weighted by atomic mass is 19.1. The zero-order chi connectivity index (χ0) is 14.1. The van der Waals surface area contributed by atoms with Crippen LogP contribution < -0.4 is 0 Å². The van der Waals surface area contributed by atoms with E-state index in [0.29, 0.717) is 23.9 Å². The van der Waals surface area contributed by atoms with E-state index in [-0.39, 0.29) is 5.82 Å². The predicted octanol–water partition coefficient (Wildman–Crippen LogP) is 3.02. The minimum absolute atomic E-state index is 0.174. The van der Waals surface area contributed by atoms with E-state index in [2.05, 4.69) is 17.1 Å². The summed E-state index contributed by atoms with van der Waals surface area (Å²) in [6.07, 6.45) is 5.51. The number of piperidine rings is 1. The van der Waals surface area contributed by atoms with Gasteiger partial charge in [0.05, 0.1) is 0 Å². The molecule has 2 bridgehead atoms. The Morgan fingerprint density at radius 1 is 1.30 bits per heavy atom. The Morgan fingerprint density at radius 2 is 2.05 bits per heavy atom. The zero-order valence-corrected chi connectivity index (χ0v) is 12.0. The van der Waals surface area contributed by atoms with Gasteiger partial charge in [0.25, 0.3) is 0 Å². The molecule has 1 aromatic carbocycles. The molecule has 2 saturated heterocycles. The van der Waals surface area contributed by atoms with Gasteiger partial charge in [-0.05, 0) is 49.9 Å². The van der Waals surface area contributed by atoms with Gasteiger partial charge >= 0.3 is 0 Å². The molecule has 0 aromatic heterocycles. The number of fused-ring (bicyclic) bond motifs is 2. The third-order valence-electron chi connectivity index (χ3n) is 4.97. The summed E-state index contributed by atoms with van der Waals surface area (Å²) in [5.41, 5.74) is 1.21. The van der Waals surface area contributed by atoms with E-state index in [4.69, 9.17) is 4.84 Å². The summed E-state index contributed by atoms with van der Waals surface area (Å²) in [6, 6.07) is 8.10. The molecule has 4 unspecified atom stereocenters. The quantitative estimate of drug-likeness (QED) is 0.626. The van der Waals surface area contributed by atoms with Gasteiger partial charge in [-0.2, -0.15) is 0 Å². The smallest absolute Gasteiger partial charge is 0.123 e. The van der Waals surface area contributed by atoms with Gasteiger partial charge in [-0.25, -0.2) is 4.39 Å². The second kappa shape index (κ2) is 5.52. The molecule has 0 saturated carbocycles. The van der Waals surface area contributed by atoms with E-state index in [1.807, 2.05) is 18.3 Å². The van der Waals surface area contributed by atoms with Crippen molar-refractivity contribution in [2.24, 2.45) is 11.1 Å². The monoisotopic (exact) mass is 276 g/mol. The molecule has 20 heavy (non-hydrogen) atoms. The molecule has 4 heteroatoms. The maximum atomic E-state index is 13.1. The number of halogens is 1. The number of hydrogen-bond donors (Lipinski definition) is 0. The van der Waals surface area contributed by atoms with Crippen LogP contribution in [0.3, 0.4) is 0 Å². The molecule has 3 nitrogen and oxygen atoms in total. The van der Waals surface area contributed by atoms with Crippen LogP contribution in [0, 0.1) is 11.7 Å². The summed E-state index contributed by atoms with van der Waals surface area (Å²) >= 11 is 0. The Balaban J connectivity index is 1.91. The molecule has 2 aliphatic heterocycles. The lowest BCUT2D eigenvalue weighted by molar-refractivity contribution is 0.131. The molecule has 0 spiro atoms. The van der Waals surface area contributed by atoms with Crippen LogP contribution in [0.15, 0.2) is 29.4 Å². The first-order valence-electron chi connectivity index (χ1n) is 7.24. The van der Waals surface area contributed by atoms with Crippen LogP contribution >= 0.6 is 0 Å². The minimum atomic E-state index is -0.174. The molecule has 4 atom stereocenters. The molecule has 2 heterocycles. The number of hydrogen-bond acceptors (Lipinski definition) is 3. The number of rotatable bonds is 3. The molecule has 0 aliphatic carbocycles. The largest absolute Gasteiger partial charge is 0.399 e. The van der Waals surface area contributed by atoms with Crippen LogP contribution in [0.25, 0.3) is 0 Å². The molecule has 0 amide bonds. The van der Waals surface area contributed by atoms with E-state index in [1.54, 1.807) is 19.2 Å². The van der Waals surface area contributed by atoms with Crippen LogP contribution in [0.5, 0.6) is 0 Å². The lowest BCUT2D eigenvalue weighted by Crippen LogP contribution is -2.46. The maximum Gasteiger partial charge on any atom is 0.123 e. The lowest BCUT2D eigenvalue weighted by Gasteiger charge is -2.41. The van der Waals surface area contributed by atoms with Gasteiger partial charge < -0.3 is 4.84 Å². The molecule has 108 valence electrons. The summed E-state index contributed by atoms with van der Waals surface area (Å²) in [7, 11) is 3.78. The summed E-state index contributed by atoms with van der Waals surface area (Å²) in [6.45, 7) is 0. The van der Waals surface area contributed by atoms with Crippen LogP contribution in [-0.4, -0.2) is 37.4 Å². The molecular weight excluding hydrogens is 255 g/mol. The van der Waals surface area contributed by atoms with Gasteiger partial charge in [-0.3, -0.25) is 4.90 Å². The second-order valence-corrected chi connectivity index (χ2v) is 5.87. The van der Waals surface area contributed by atoms with Gasteiger partial charge in [0.2, 0.25) is 0 Å². The molecule has 1 aromatic rings. The summed E-state index contributed by atoms with van der Waals surface area (Å²) in [5.74, 6) is 0.569. The van der Waals surface area contributed by atoms with Crippen molar-refractivity contribution in [2.45, 2.75) is 37.3 Å². The first-order valence-corrected chi connectivity index (χ1v) is 7.24. The maximum absolute atomic E-state index is 13.1. The predicted molar refractivity (Wildman–Crippen MR) is 77.3 cm³/mol. The van der Waals surface area contributed by atoms with Crippen molar-refractivity contribution in [1.82, 2.24) is 4.90 Å². The fourth-order valence-electron chi connectivity index (χ4n) is 3.91. The molecule has 2 aliphatic rings. The zero-order valence-electron chi connectivity index (χ0n) is 12.0. The molecule has 0 radical (unpaired) electrons. The van der Waals surface area contributed by atoms with Gasteiger partial charge in [0.1, 0.15) is 12.9 Å². The highest BCUT2D eigenvalue weighted by Gasteiger charge is 2.45. The highest BCUT2D eigenvalue weighted by molar-refractivity contribution is 5.64. The Bertz CT molecular complexity index is 488. The van der Waals surface area contributed by atoms with Gasteiger partial charge in [-0.1, -0.05) is 17.3 Å². The summed E-state index contributed by atoms with van der Waals surface area (Å²) < 4.78 is 13.1. The van der Waals surface area contributed by atoms with Crippen LogP contribution in [0.2, 0.25) is 0 Å². The average molecular weight is 276 g/mol. The molecule has 2 fully saturated rings. The van der Waals surface area contributed by atoms with Gasteiger partial charge in [0.15, 0.2) is 0 Å². The Morgan fingerprint density at radius 3 is 2.75 bits per heavy atom. The first-order chi connectivity index (χ1) is 9.70. The molecular formula is C16H21FN2O. The molecule has 3 rings (SSSR count). The van der Waals surface area contributed by atoms with Crippen molar-refractivity contribution in [3.05, 3.63) is 35.6 Å². The normalized spacial score (nSPS) is 33.8. The topological polar surface area (TPSA) is 24.8 Å². The van der Waals surface area contributed by atoms with Gasteiger partial charge in [0, 0.05) is 24.2 Å². The summed E-state index contributed by atoms with van der Waals surface area (Å²) in [4.78, 5) is 7.36. The Kier molecular flexibility index (Phi) is 3.74. The van der Waals surface area contributed by atoms with Gasteiger partial charge in [-0.15, -0.1) is 0 Å². The van der Waals surface area contributed by atoms with Crippen molar-refractivity contribution in [1.29, 1.82) is 0 Å². The highest BCUT2D eigenvalue weighted by Crippen LogP contribution is 2.45. The second-order valence-electron chi connectivity index (χ2n) is 5.87. The third-order valence-corrected chi connectivity index (χ3v) is 4.97. The van der Waals surface area contributed by atoms with Crippen LogP contribution in [0.1, 0.15) is 30.7 Å². The average Bonchev–Trinajstić information content (AvgIpc) is 2.71. The van der Waals surface area contributed by atoms with E-state index < -0.39 is 0 Å². The van der Waals surface area contributed by atoms with E-state index >= 15 is 0 Å². The van der Waals surface area contributed by atoms with Crippen molar-refractivity contribution in [3.63, 3.8) is 0 Å². The number of nitrogens with zero attached hydrogens (tertiary/aromatic N) is 2. The first kappa shape index (κ1) is 13.6. The Labute approximate surface area is 119 Å². The minimum Gasteiger partial charge on any atom is -0.399 e. The fourth-order valence-corrected chi connectivity index (χ4v) is 3.91. The van der Waals surface area contributed by atoms with Crippen molar-refractivity contribution >= 4 is 6.21 Å². The van der Waals surface area contributed by atoms with E-state index in [1.165, 1.54) is 18.4 Å². The lowest BCUT2D eigenvalue weighted by atomic mass is 9.77. The van der Waals surface area contributed by atoms with Crippen molar-refractivity contribution < 1.29 is 9.23 Å². The summed E-state index contributed by atoms with van der Waals surface area (Å²) in [5, 5.41) is 4.01. The van der Waals surface area contributed by atoms with Crippen molar-refractivity contribution in [3.8, 4) is 0 Å². The number of benzene rings is 1. The number of oxime groups is 1. The Hall–Kier alpha value is -1.42. The fraction of sp³-hybridized carbons (Fsp3) is 0.562. The van der Waals surface area contributed by atoms with Crippen LogP contribution in [-0.2, 0) is 4.84 Å². The standard InChI is InChI=1S/C16H21FN2O/c1-19-13-7-8-16(19)15(10-18-20-2)14(9-13)11-3-5-12(17)6-4-11/h3-6,10,13-16H,7-9H2,1-2H3/b18-10+.